The number of rotatable bonds is 3. The van der Waals surface area contributed by atoms with Crippen LogP contribution in [0.4, 0.5) is 13.2 Å². The summed E-state index contributed by atoms with van der Waals surface area (Å²) in [4.78, 5) is 3.98. The van der Waals surface area contributed by atoms with Crippen molar-refractivity contribution in [1.29, 1.82) is 0 Å². The molecule has 19 heavy (non-hydrogen) atoms. The lowest BCUT2D eigenvalue weighted by atomic mass is 10.1. The fraction of sp³-hybridized carbons (Fsp3) is 0.154. The maximum absolute atomic E-state index is 12.4. The molecule has 1 aromatic carbocycles. The molecular formula is C13H9BrF3NO. The molecule has 0 N–H and O–H groups in total. The zero-order valence-corrected chi connectivity index (χ0v) is 11.2. The van der Waals surface area contributed by atoms with E-state index in [4.69, 9.17) is 4.74 Å². The van der Waals surface area contributed by atoms with E-state index in [2.05, 4.69) is 20.9 Å². The van der Waals surface area contributed by atoms with Gasteiger partial charge in [0.2, 0.25) is 0 Å². The van der Waals surface area contributed by atoms with Gasteiger partial charge in [0, 0.05) is 6.20 Å². The lowest BCUT2D eigenvalue weighted by molar-refractivity contribution is -0.137. The zero-order chi connectivity index (χ0) is 13.9. The molecule has 0 amide bonds. The number of nitrogens with zero attached hydrogens (tertiary/aromatic N) is 1. The van der Waals surface area contributed by atoms with Gasteiger partial charge in [0.25, 0.3) is 0 Å². The molecule has 1 heterocycles. The zero-order valence-electron chi connectivity index (χ0n) is 9.62. The summed E-state index contributed by atoms with van der Waals surface area (Å²) in [6.07, 6.45) is -2.71. The van der Waals surface area contributed by atoms with Crippen LogP contribution in [-0.2, 0) is 12.8 Å². The number of hydrogen-bond acceptors (Lipinski definition) is 2. The van der Waals surface area contributed by atoms with E-state index in [1.54, 1.807) is 18.3 Å². The quantitative estimate of drug-likeness (QED) is 0.775. The van der Waals surface area contributed by atoms with Gasteiger partial charge in [0.05, 0.1) is 5.56 Å². The summed E-state index contributed by atoms with van der Waals surface area (Å²) < 4.78 is 43.1. The van der Waals surface area contributed by atoms with E-state index in [0.29, 0.717) is 15.9 Å². The molecule has 0 saturated carbocycles. The molecule has 0 saturated heterocycles. The summed E-state index contributed by atoms with van der Waals surface area (Å²) >= 11 is 3.22. The van der Waals surface area contributed by atoms with Gasteiger partial charge in [-0.05, 0) is 45.8 Å². The van der Waals surface area contributed by atoms with E-state index in [-0.39, 0.29) is 6.61 Å². The highest BCUT2D eigenvalue weighted by Gasteiger charge is 2.29. The van der Waals surface area contributed by atoms with Gasteiger partial charge in [-0.15, -0.1) is 0 Å². The van der Waals surface area contributed by atoms with Crippen molar-refractivity contribution in [2.45, 2.75) is 12.8 Å². The van der Waals surface area contributed by atoms with Gasteiger partial charge in [-0.25, -0.2) is 4.98 Å². The number of ether oxygens (including phenoxy) is 1. The van der Waals surface area contributed by atoms with Crippen molar-refractivity contribution >= 4 is 15.9 Å². The van der Waals surface area contributed by atoms with Gasteiger partial charge in [0.1, 0.15) is 11.2 Å². The number of alkyl halides is 3. The average Bonchev–Trinajstić information content (AvgIpc) is 2.37. The molecule has 0 unspecified atom stereocenters. The largest absolute Gasteiger partial charge is 0.486 e. The minimum absolute atomic E-state index is 0.183. The summed E-state index contributed by atoms with van der Waals surface area (Å²) in [5.74, 6) is 0.544. The van der Waals surface area contributed by atoms with Gasteiger partial charge in [0.15, 0.2) is 5.75 Å². The third-order valence-corrected chi connectivity index (χ3v) is 3.00. The monoisotopic (exact) mass is 331 g/mol. The minimum Gasteiger partial charge on any atom is -0.486 e. The Labute approximate surface area is 116 Å². The number of pyridine rings is 1. The van der Waals surface area contributed by atoms with Crippen LogP contribution in [0.1, 0.15) is 11.1 Å². The van der Waals surface area contributed by atoms with Gasteiger partial charge in [-0.3, -0.25) is 0 Å². The molecule has 0 spiro atoms. The predicted octanol–water partition coefficient (Wildman–Crippen LogP) is 4.44. The van der Waals surface area contributed by atoms with E-state index in [9.17, 15) is 13.2 Å². The van der Waals surface area contributed by atoms with Crippen LogP contribution in [0.3, 0.4) is 0 Å². The number of aromatic nitrogens is 1. The van der Waals surface area contributed by atoms with Crippen LogP contribution in [-0.4, -0.2) is 4.98 Å². The second-order valence-corrected chi connectivity index (χ2v) is 4.53. The third kappa shape index (κ3) is 3.70. The second kappa shape index (κ2) is 5.61. The Morgan fingerprint density at radius 1 is 1.11 bits per heavy atom. The first-order chi connectivity index (χ1) is 8.97. The van der Waals surface area contributed by atoms with Crippen LogP contribution in [0.5, 0.6) is 5.75 Å². The normalized spacial score (nSPS) is 11.4. The van der Waals surface area contributed by atoms with Gasteiger partial charge < -0.3 is 4.74 Å². The topological polar surface area (TPSA) is 22.1 Å². The Morgan fingerprint density at radius 2 is 1.79 bits per heavy atom. The Kier molecular flexibility index (Phi) is 4.09. The highest BCUT2D eigenvalue weighted by atomic mass is 79.9. The lowest BCUT2D eigenvalue weighted by Gasteiger charge is -2.09. The fourth-order valence-electron chi connectivity index (χ4n) is 1.43. The molecule has 0 radical (unpaired) electrons. The van der Waals surface area contributed by atoms with Crippen LogP contribution in [0.15, 0.2) is 47.2 Å². The van der Waals surface area contributed by atoms with Crippen LogP contribution >= 0.6 is 15.9 Å². The summed E-state index contributed by atoms with van der Waals surface area (Å²) in [6.45, 7) is 0.183. The van der Waals surface area contributed by atoms with E-state index in [0.717, 1.165) is 12.1 Å². The average molecular weight is 332 g/mol. The lowest BCUT2D eigenvalue weighted by Crippen LogP contribution is -2.05. The van der Waals surface area contributed by atoms with Crippen molar-refractivity contribution in [2.75, 3.05) is 0 Å². The molecule has 6 heteroatoms. The van der Waals surface area contributed by atoms with E-state index < -0.39 is 11.7 Å². The molecule has 2 rings (SSSR count). The molecule has 2 aromatic rings. The predicted molar refractivity (Wildman–Crippen MR) is 67.7 cm³/mol. The summed E-state index contributed by atoms with van der Waals surface area (Å²) in [7, 11) is 0. The molecular weight excluding hydrogens is 323 g/mol. The minimum atomic E-state index is -4.31. The Hall–Kier alpha value is -1.56. The summed E-state index contributed by atoms with van der Waals surface area (Å²) in [5.41, 5.74) is -0.0115. The van der Waals surface area contributed by atoms with Crippen molar-refractivity contribution in [1.82, 2.24) is 4.98 Å². The SMILES string of the molecule is FC(F)(F)c1ccc(COc2cccnc2Br)cc1. The maximum Gasteiger partial charge on any atom is 0.416 e. The first-order valence-corrected chi connectivity index (χ1v) is 6.15. The first-order valence-electron chi connectivity index (χ1n) is 5.36. The van der Waals surface area contributed by atoms with Crippen molar-refractivity contribution in [3.63, 3.8) is 0 Å². The third-order valence-electron chi connectivity index (χ3n) is 2.40. The van der Waals surface area contributed by atoms with Gasteiger partial charge in [-0.1, -0.05) is 12.1 Å². The van der Waals surface area contributed by atoms with Crippen molar-refractivity contribution in [2.24, 2.45) is 0 Å². The molecule has 0 aliphatic rings. The Bertz CT molecular complexity index is 555. The highest BCUT2D eigenvalue weighted by Crippen LogP contribution is 2.29. The highest BCUT2D eigenvalue weighted by molar-refractivity contribution is 9.10. The van der Waals surface area contributed by atoms with Crippen LogP contribution in [0, 0.1) is 0 Å². The molecule has 0 aliphatic carbocycles. The molecule has 1 aromatic heterocycles. The van der Waals surface area contributed by atoms with Crippen LogP contribution in [0.2, 0.25) is 0 Å². The molecule has 0 aliphatic heterocycles. The van der Waals surface area contributed by atoms with Crippen molar-refractivity contribution < 1.29 is 17.9 Å². The van der Waals surface area contributed by atoms with Crippen molar-refractivity contribution in [3.05, 3.63) is 58.3 Å². The molecule has 0 bridgehead atoms. The summed E-state index contributed by atoms with van der Waals surface area (Å²) in [6, 6.07) is 8.31. The van der Waals surface area contributed by atoms with Crippen LogP contribution < -0.4 is 4.74 Å². The standard InChI is InChI=1S/C13H9BrF3NO/c14-12-11(2-1-7-18-12)19-8-9-3-5-10(6-4-9)13(15,16)17/h1-7H,8H2. The Morgan fingerprint density at radius 3 is 2.37 bits per heavy atom. The molecule has 100 valence electrons. The first kappa shape index (κ1) is 13.9. The smallest absolute Gasteiger partial charge is 0.416 e. The van der Waals surface area contributed by atoms with Gasteiger partial charge >= 0.3 is 6.18 Å². The number of benzene rings is 1. The number of halogens is 4. The maximum atomic E-state index is 12.4. The van der Waals surface area contributed by atoms with E-state index in [1.807, 2.05) is 0 Å². The second-order valence-electron chi connectivity index (χ2n) is 3.78. The van der Waals surface area contributed by atoms with Crippen LogP contribution in [0.25, 0.3) is 0 Å². The Balaban J connectivity index is 2.03. The molecule has 2 nitrogen and oxygen atoms in total. The van der Waals surface area contributed by atoms with E-state index >= 15 is 0 Å². The molecule has 0 atom stereocenters. The molecule has 0 fully saturated rings. The summed E-state index contributed by atoms with van der Waals surface area (Å²) in [5, 5.41) is 0. The number of hydrogen-bond donors (Lipinski definition) is 0. The van der Waals surface area contributed by atoms with Gasteiger partial charge in [-0.2, -0.15) is 13.2 Å². The van der Waals surface area contributed by atoms with E-state index in [1.165, 1.54) is 12.1 Å². The fourth-order valence-corrected chi connectivity index (χ4v) is 1.79. The van der Waals surface area contributed by atoms with Crippen molar-refractivity contribution in [3.8, 4) is 5.75 Å².